The topological polar surface area (TPSA) is 52.3 Å². The first-order valence-electron chi connectivity index (χ1n) is 5.33. The first-order valence-corrected chi connectivity index (χ1v) is 5.33. The number of benzene rings is 1. The number of hydrogen-bond acceptors (Lipinski definition) is 3. The van der Waals surface area contributed by atoms with Crippen LogP contribution in [0.4, 0.5) is 13.2 Å². The Labute approximate surface area is 102 Å². The van der Waals surface area contributed by atoms with Crippen molar-refractivity contribution in [3.63, 3.8) is 0 Å². The molecular formula is C12H12F3NO2. The molecule has 6 heteroatoms. The molecule has 98 valence electrons. The minimum Gasteiger partial charge on any atom is -0.462 e. The Bertz CT molecular complexity index is 525. The van der Waals surface area contributed by atoms with Gasteiger partial charge in [-0.2, -0.15) is 13.2 Å². The Morgan fingerprint density at radius 1 is 1.33 bits per heavy atom. The fourth-order valence-corrected chi connectivity index (χ4v) is 2.08. The summed E-state index contributed by atoms with van der Waals surface area (Å²) in [4.78, 5) is 11.8. The van der Waals surface area contributed by atoms with Crippen LogP contribution in [0.1, 0.15) is 27.9 Å². The molecule has 0 spiro atoms. The quantitative estimate of drug-likeness (QED) is 0.778. The molecule has 1 aliphatic rings. The summed E-state index contributed by atoms with van der Waals surface area (Å²) in [6.07, 6.45) is -5.69. The predicted molar refractivity (Wildman–Crippen MR) is 58.5 cm³/mol. The maximum atomic E-state index is 12.8. The first-order chi connectivity index (χ1) is 8.14. The average Bonchev–Trinajstić information content (AvgIpc) is 2.12. The number of alkyl halides is 3. The standard InChI is InChI=1S/C12H12F3NO2/c1-6-3-7(2)10-8(17)5-11(16,12(13,14)15)18-9(10)4-6/h3-4H,5,16H2,1-2H3. The van der Waals surface area contributed by atoms with Crippen LogP contribution in [0.5, 0.6) is 5.75 Å². The largest absolute Gasteiger partial charge is 0.462 e. The van der Waals surface area contributed by atoms with Gasteiger partial charge in [-0.25, -0.2) is 0 Å². The van der Waals surface area contributed by atoms with Crippen molar-refractivity contribution in [1.82, 2.24) is 0 Å². The molecule has 0 fully saturated rings. The second-order valence-electron chi connectivity index (χ2n) is 4.54. The van der Waals surface area contributed by atoms with Gasteiger partial charge in [0.2, 0.25) is 0 Å². The highest BCUT2D eigenvalue weighted by atomic mass is 19.4. The Hall–Kier alpha value is -1.56. The lowest BCUT2D eigenvalue weighted by Crippen LogP contribution is -2.61. The Morgan fingerprint density at radius 2 is 1.94 bits per heavy atom. The van der Waals surface area contributed by atoms with Gasteiger partial charge in [-0.15, -0.1) is 0 Å². The number of ether oxygens (including phenoxy) is 1. The number of fused-ring (bicyclic) bond motifs is 1. The van der Waals surface area contributed by atoms with E-state index >= 15 is 0 Å². The van der Waals surface area contributed by atoms with Crippen LogP contribution < -0.4 is 10.5 Å². The lowest BCUT2D eigenvalue weighted by atomic mass is 9.92. The molecule has 2 N–H and O–H groups in total. The van der Waals surface area contributed by atoms with Gasteiger partial charge < -0.3 is 4.74 Å². The summed E-state index contributed by atoms with van der Waals surface area (Å²) in [6.45, 7) is 3.37. The summed E-state index contributed by atoms with van der Waals surface area (Å²) >= 11 is 0. The highest BCUT2D eigenvalue weighted by Gasteiger charge is 2.58. The zero-order valence-electron chi connectivity index (χ0n) is 9.89. The zero-order valence-corrected chi connectivity index (χ0v) is 9.89. The van der Waals surface area contributed by atoms with Crippen LogP contribution in [-0.4, -0.2) is 17.7 Å². The van der Waals surface area contributed by atoms with Gasteiger partial charge in [0.1, 0.15) is 5.75 Å². The van der Waals surface area contributed by atoms with Crippen LogP contribution in [0.3, 0.4) is 0 Å². The first kappa shape index (κ1) is 12.9. The SMILES string of the molecule is Cc1cc(C)c2c(c1)OC(N)(C(F)(F)F)CC2=O. The summed E-state index contributed by atoms with van der Waals surface area (Å²) in [5.41, 5.74) is 3.74. The summed E-state index contributed by atoms with van der Waals surface area (Å²) < 4.78 is 43.2. The smallest absolute Gasteiger partial charge is 0.443 e. The third-order valence-corrected chi connectivity index (χ3v) is 2.92. The van der Waals surface area contributed by atoms with E-state index in [1.54, 1.807) is 19.9 Å². The van der Waals surface area contributed by atoms with E-state index < -0.39 is 24.1 Å². The molecule has 2 rings (SSSR count). The van der Waals surface area contributed by atoms with Crippen molar-refractivity contribution in [3.05, 3.63) is 28.8 Å². The van der Waals surface area contributed by atoms with Crippen molar-refractivity contribution in [2.45, 2.75) is 32.2 Å². The van der Waals surface area contributed by atoms with E-state index in [0.717, 1.165) is 0 Å². The number of rotatable bonds is 0. The number of carbonyl (C=O) groups is 1. The molecule has 3 nitrogen and oxygen atoms in total. The number of hydrogen-bond donors (Lipinski definition) is 1. The number of Topliss-reactive ketones (excluding diaryl/α,β-unsaturated/α-hetero) is 1. The lowest BCUT2D eigenvalue weighted by molar-refractivity contribution is -0.246. The lowest BCUT2D eigenvalue weighted by Gasteiger charge is -2.36. The van der Waals surface area contributed by atoms with Crippen molar-refractivity contribution in [2.24, 2.45) is 5.73 Å². The monoisotopic (exact) mass is 259 g/mol. The average molecular weight is 259 g/mol. The minimum absolute atomic E-state index is 0.0939. The third-order valence-electron chi connectivity index (χ3n) is 2.92. The van der Waals surface area contributed by atoms with Gasteiger partial charge in [0.15, 0.2) is 5.78 Å². The Balaban J connectivity index is 2.56. The van der Waals surface area contributed by atoms with Gasteiger partial charge in [0.05, 0.1) is 12.0 Å². The zero-order chi connectivity index (χ0) is 13.7. The fourth-order valence-electron chi connectivity index (χ4n) is 2.08. The third kappa shape index (κ3) is 1.86. The summed E-state index contributed by atoms with van der Waals surface area (Å²) in [5, 5.41) is 0. The molecule has 1 heterocycles. The van der Waals surface area contributed by atoms with Crippen LogP contribution in [0.25, 0.3) is 0 Å². The maximum Gasteiger partial charge on any atom is 0.443 e. The molecule has 0 aromatic heterocycles. The van der Waals surface area contributed by atoms with Crippen LogP contribution in [0.2, 0.25) is 0 Å². The van der Waals surface area contributed by atoms with Gasteiger partial charge in [-0.05, 0) is 31.0 Å². The number of nitrogens with two attached hydrogens (primary N) is 1. The van der Waals surface area contributed by atoms with Crippen LogP contribution in [0.15, 0.2) is 12.1 Å². The summed E-state index contributed by atoms with van der Waals surface area (Å²) in [6, 6.07) is 3.12. The number of halogens is 3. The van der Waals surface area contributed by atoms with E-state index in [0.29, 0.717) is 11.1 Å². The van der Waals surface area contributed by atoms with E-state index in [9.17, 15) is 18.0 Å². The number of carbonyl (C=O) groups excluding carboxylic acids is 1. The number of aryl methyl sites for hydroxylation is 2. The maximum absolute atomic E-state index is 12.8. The fraction of sp³-hybridized carbons (Fsp3) is 0.417. The van der Waals surface area contributed by atoms with Crippen molar-refractivity contribution in [3.8, 4) is 5.75 Å². The van der Waals surface area contributed by atoms with Crippen molar-refractivity contribution >= 4 is 5.78 Å². The molecule has 0 saturated heterocycles. The normalized spacial score (nSPS) is 23.6. The molecule has 1 aromatic carbocycles. The van der Waals surface area contributed by atoms with E-state index in [2.05, 4.69) is 0 Å². The van der Waals surface area contributed by atoms with Crippen molar-refractivity contribution < 1.29 is 22.7 Å². The molecule has 0 radical (unpaired) electrons. The molecule has 1 aliphatic heterocycles. The highest BCUT2D eigenvalue weighted by molar-refractivity contribution is 6.01. The predicted octanol–water partition coefficient (Wildman–Crippen LogP) is 2.49. The summed E-state index contributed by atoms with van der Waals surface area (Å²) in [7, 11) is 0. The van der Waals surface area contributed by atoms with Gasteiger partial charge in [0, 0.05) is 0 Å². The molecule has 1 unspecified atom stereocenters. The number of ketones is 1. The van der Waals surface area contributed by atoms with Gasteiger partial charge in [-0.1, -0.05) is 6.07 Å². The molecule has 0 bridgehead atoms. The van der Waals surface area contributed by atoms with E-state index in [1.807, 2.05) is 0 Å². The Morgan fingerprint density at radius 3 is 2.50 bits per heavy atom. The molecule has 0 saturated carbocycles. The highest BCUT2D eigenvalue weighted by Crippen LogP contribution is 2.41. The molecule has 1 atom stereocenters. The molecule has 0 aliphatic carbocycles. The molecule has 0 amide bonds. The van der Waals surface area contributed by atoms with Gasteiger partial charge >= 0.3 is 6.18 Å². The minimum atomic E-state index is -4.79. The van der Waals surface area contributed by atoms with Gasteiger partial charge in [-0.3, -0.25) is 10.5 Å². The summed E-state index contributed by atoms with van der Waals surface area (Å²) in [5.74, 6) is -0.739. The molecule has 1 aromatic rings. The van der Waals surface area contributed by atoms with E-state index in [1.165, 1.54) is 6.07 Å². The van der Waals surface area contributed by atoms with Crippen LogP contribution in [-0.2, 0) is 0 Å². The van der Waals surface area contributed by atoms with E-state index in [4.69, 9.17) is 10.5 Å². The molecule has 18 heavy (non-hydrogen) atoms. The van der Waals surface area contributed by atoms with Crippen molar-refractivity contribution in [2.75, 3.05) is 0 Å². The van der Waals surface area contributed by atoms with Crippen molar-refractivity contribution in [1.29, 1.82) is 0 Å². The second-order valence-corrected chi connectivity index (χ2v) is 4.54. The van der Waals surface area contributed by atoms with Gasteiger partial charge in [0.25, 0.3) is 5.72 Å². The van der Waals surface area contributed by atoms with Crippen LogP contribution >= 0.6 is 0 Å². The second kappa shape index (κ2) is 3.71. The van der Waals surface area contributed by atoms with Crippen LogP contribution in [0, 0.1) is 13.8 Å². The van der Waals surface area contributed by atoms with E-state index in [-0.39, 0.29) is 11.3 Å². The Kier molecular flexibility index (Phi) is 2.66. The molecular weight excluding hydrogens is 247 g/mol.